The van der Waals surface area contributed by atoms with Gasteiger partial charge >= 0.3 is 0 Å². The van der Waals surface area contributed by atoms with Gasteiger partial charge in [-0.2, -0.15) is 5.10 Å². The molecule has 1 atom stereocenters. The molecular weight excluding hydrogens is 512 g/mol. The van der Waals surface area contributed by atoms with Crippen molar-refractivity contribution in [2.24, 2.45) is 0 Å². The van der Waals surface area contributed by atoms with E-state index in [0.29, 0.717) is 17.5 Å². The van der Waals surface area contributed by atoms with Gasteiger partial charge in [0.2, 0.25) is 0 Å². The quantitative estimate of drug-likeness (QED) is 0.327. The van der Waals surface area contributed by atoms with Crippen molar-refractivity contribution in [3.8, 4) is 34.3 Å². The van der Waals surface area contributed by atoms with Gasteiger partial charge in [-0.1, -0.05) is 36.4 Å². The SMILES string of the molecule is Nc1ncccc1-c1nc2ccc(-n3cccn3)nc2n1-c1ccc2c(c1)CC[C@@H]2n1cnnc1-c1ccccc1. The monoisotopic (exact) mass is 536 g/mol. The summed E-state index contributed by atoms with van der Waals surface area (Å²) in [6.45, 7) is 0. The smallest absolute Gasteiger partial charge is 0.167 e. The maximum Gasteiger partial charge on any atom is 0.167 e. The van der Waals surface area contributed by atoms with Gasteiger partial charge in [0.25, 0.3) is 0 Å². The lowest BCUT2D eigenvalue weighted by atomic mass is 10.1. The number of benzene rings is 2. The number of nitrogen functional groups attached to an aromatic ring is 1. The number of anilines is 1. The first-order valence-corrected chi connectivity index (χ1v) is 13.4. The van der Waals surface area contributed by atoms with Crippen LogP contribution in [0.1, 0.15) is 23.6 Å². The number of nitrogens with zero attached hydrogens (tertiary/aromatic N) is 9. The standard InChI is InChI=1S/C31H24N10/c32-28-24(8-4-15-33-28)30-36-25-12-14-27(40-17-5-16-35-40)37-31(25)41(30)22-10-11-23-21(18-22)9-13-26(23)39-19-34-38-29(39)20-6-2-1-3-7-20/h1-8,10-12,14-19,26H,9,13H2,(H2,32,33)/t26-/m0/s1. The van der Waals surface area contributed by atoms with Gasteiger partial charge in [0.05, 0.1) is 11.6 Å². The summed E-state index contributed by atoms with van der Waals surface area (Å²) in [4.78, 5) is 14.3. The van der Waals surface area contributed by atoms with Gasteiger partial charge in [0.15, 0.2) is 23.1 Å². The molecule has 2 N–H and O–H groups in total. The van der Waals surface area contributed by atoms with Gasteiger partial charge in [-0.25, -0.2) is 19.6 Å². The predicted molar refractivity (Wildman–Crippen MR) is 156 cm³/mol. The second-order valence-electron chi connectivity index (χ2n) is 10.0. The highest BCUT2D eigenvalue weighted by Gasteiger charge is 2.28. The average Bonchev–Trinajstić information content (AvgIpc) is 3.82. The number of nitrogens with two attached hydrogens (primary N) is 1. The van der Waals surface area contributed by atoms with Crippen molar-refractivity contribution >= 4 is 17.0 Å². The molecule has 0 saturated carbocycles. The Morgan fingerprint density at radius 1 is 0.854 bits per heavy atom. The summed E-state index contributed by atoms with van der Waals surface area (Å²) in [5, 5.41) is 13.1. The molecule has 0 unspecified atom stereocenters. The molecule has 0 aliphatic heterocycles. The molecule has 5 heterocycles. The van der Waals surface area contributed by atoms with E-state index in [-0.39, 0.29) is 6.04 Å². The average molecular weight is 537 g/mol. The molecule has 0 saturated heterocycles. The van der Waals surface area contributed by atoms with E-state index in [9.17, 15) is 0 Å². The molecule has 0 bridgehead atoms. The molecule has 0 spiro atoms. The van der Waals surface area contributed by atoms with Crippen molar-refractivity contribution in [3.63, 3.8) is 0 Å². The van der Waals surface area contributed by atoms with Crippen molar-refractivity contribution in [2.45, 2.75) is 18.9 Å². The van der Waals surface area contributed by atoms with E-state index in [1.54, 1.807) is 17.1 Å². The Hall–Kier alpha value is -5.64. The number of hydrogen-bond donors (Lipinski definition) is 1. The van der Waals surface area contributed by atoms with Gasteiger partial charge in [0.1, 0.15) is 17.7 Å². The topological polar surface area (TPSA) is 118 Å². The Morgan fingerprint density at radius 3 is 2.63 bits per heavy atom. The van der Waals surface area contributed by atoms with Crippen LogP contribution in [-0.2, 0) is 6.42 Å². The molecule has 0 radical (unpaired) electrons. The molecule has 0 fully saturated rings. The van der Waals surface area contributed by atoms with Gasteiger partial charge in [0, 0.05) is 29.8 Å². The third-order valence-corrected chi connectivity index (χ3v) is 7.68. The van der Waals surface area contributed by atoms with Crippen LogP contribution in [0.15, 0.2) is 104 Å². The number of hydrogen-bond acceptors (Lipinski definition) is 7. The molecule has 10 nitrogen and oxygen atoms in total. The largest absolute Gasteiger partial charge is 0.383 e. The van der Waals surface area contributed by atoms with Crippen LogP contribution in [-0.4, -0.2) is 44.1 Å². The van der Waals surface area contributed by atoms with E-state index in [1.807, 2.05) is 61.1 Å². The lowest BCUT2D eigenvalue weighted by Gasteiger charge is -2.17. The summed E-state index contributed by atoms with van der Waals surface area (Å²) < 4.78 is 6.00. The van der Waals surface area contributed by atoms with Crippen LogP contribution in [0, 0.1) is 0 Å². The molecule has 1 aliphatic rings. The number of imidazole rings is 1. The normalized spacial score (nSPS) is 14.5. The lowest BCUT2D eigenvalue weighted by Crippen LogP contribution is -2.08. The van der Waals surface area contributed by atoms with E-state index in [2.05, 4.69) is 59.7 Å². The lowest BCUT2D eigenvalue weighted by molar-refractivity contribution is 0.583. The molecule has 41 heavy (non-hydrogen) atoms. The highest BCUT2D eigenvalue weighted by Crippen LogP contribution is 2.39. The zero-order valence-electron chi connectivity index (χ0n) is 21.9. The van der Waals surface area contributed by atoms with Crippen molar-refractivity contribution in [3.05, 3.63) is 115 Å². The second kappa shape index (κ2) is 9.23. The number of fused-ring (bicyclic) bond motifs is 2. The molecule has 1 aliphatic carbocycles. The van der Waals surface area contributed by atoms with Crippen LogP contribution in [0.2, 0.25) is 0 Å². The van der Waals surface area contributed by atoms with Crippen LogP contribution in [0.3, 0.4) is 0 Å². The van der Waals surface area contributed by atoms with Crippen molar-refractivity contribution < 1.29 is 0 Å². The zero-order chi connectivity index (χ0) is 27.3. The third kappa shape index (κ3) is 3.80. The summed E-state index contributed by atoms with van der Waals surface area (Å²) in [6, 6.07) is 26.5. The molecule has 198 valence electrons. The fourth-order valence-electron chi connectivity index (χ4n) is 5.79. The minimum atomic E-state index is 0.154. The maximum atomic E-state index is 6.34. The van der Waals surface area contributed by atoms with E-state index < -0.39 is 0 Å². The van der Waals surface area contributed by atoms with Gasteiger partial charge in [-0.3, -0.25) is 4.57 Å². The molecule has 10 heteroatoms. The van der Waals surface area contributed by atoms with E-state index in [0.717, 1.165) is 46.6 Å². The number of aromatic nitrogens is 9. The van der Waals surface area contributed by atoms with Crippen LogP contribution in [0.4, 0.5) is 5.82 Å². The van der Waals surface area contributed by atoms with E-state index in [4.69, 9.17) is 15.7 Å². The van der Waals surface area contributed by atoms with Crippen molar-refractivity contribution in [1.29, 1.82) is 0 Å². The first kappa shape index (κ1) is 23.3. The van der Waals surface area contributed by atoms with Gasteiger partial charge in [-0.15, -0.1) is 10.2 Å². The minimum absolute atomic E-state index is 0.154. The Labute approximate surface area is 234 Å². The molecular formula is C31H24N10. The van der Waals surface area contributed by atoms with Crippen molar-refractivity contribution in [2.75, 3.05) is 5.73 Å². The Morgan fingerprint density at radius 2 is 1.78 bits per heavy atom. The number of rotatable bonds is 5. The second-order valence-corrected chi connectivity index (χ2v) is 10.0. The van der Waals surface area contributed by atoms with E-state index >= 15 is 0 Å². The third-order valence-electron chi connectivity index (χ3n) is 7.68. The van der Waals surface area contributed by atoms with Gasteiger partial charge < -0.3 is 10.3 Å². The Kier molecular flexibility index (Phi) is 5.24. The molecule has 7 aromatic rings. The Bertz CT molecular complexity index is 2020. The number of pyridine rings is 2. The molecule has 0 amide bonds. The van der Waals surface area contributed by atoms with Crippen molar-refractivity contribution in [1.82, 2.24) is 44.1 Å². The molecule has 5 aromatic heterocycles. The minimum Gasteiger partial charge on any atom is -0.383 e. The van der Waals surface area contributed by atoms with E-state index in [1.165, 1.54) is 11.1 Å². The summed E-state index contributed by atoms with van der Waals surface area (Å²) >= 11 is 0. The number of aryl methyl sites for hydroxylation is 1. The molecule has 2 aromatic carbocycles. The van der Waals surface area contributed by atoms with Gasteiger partial charge in [-0.05, 0) is 66.4 Å². The first-order valence-electron chi connectivity index (χ1n) is 13.4. The first-order chi connectivity index (χ1) is 20.2. The molecule has 8 rings (SSSR count). The van der Waals surface area contributed by atoms with Crippen LogP contribution >= 0.6 is 0 Å². The highest BCUT2D eigenvalue weighted by molar-refractivity contribution is 5.83. The maximum absolute atomic E-state index is 6.34. The summed E-state index contributed by atoms with van der Waals surface area (Å²) in [7, 11) is 0. The van der Waals surface area contributed by atoms with Crippen LogP contribution in [0.5, 0.6) is 0 Å². The van der Waals surface area contributed by atoms with Crippen LogP contribution in [0.25, 0.3) is 45.4 Å². The fraction of sp³-hybridized carbons (Fsp3) is 0.0968. The zero-order valence-corrected chi connectivity index (χ0v) is 21.9. The Balaban J connectivity index is 1.27. The highest BCUT2D eigenvalue weighted by atomic mass is 15.3. The summed E-state index contributed by atoms with van der Waals surface area (Å²) in [6.07, 6.45) is 9.03. The summed E-state index contributed by atoms with van der Waals surface area (Å²) in [5.41, 5.74) is 13.1. The predicted octanol–water partition coefficient (Wildman–Crippen LogP) is 5.04. The fourth-order valence-corrected chi connectivity index (χ4v) is 5.79. The summed E-state index contributed by atoms with van der Waals surface area (Å²) in [5.74, 6) is 2.68. The van der Waals surface area contributed by atoms with Crippen LogP contribution < -0.4 is 5.73 Å².